The molecule has 0 aromatic rings. The lowest BCUT2D eigenvalue weighted by Crippen LogP contribution is -2.35. The van der Waals surface area contributed by atoms with Crippen LogP contribution < -0.4 is 0 Å². The summed E-state index contributed by atoms with van der Waals surface area (Å²) in [4.78, 5) is 23.1. The molecule has 0 fully saturated rings. The zero-order valence-electron chi connectivity index (χ0n) is 9.47. The topological polar surface area (TPSA) is 91.8 Å². The number of sulfone groups is 1. The van der Waals surface area contributed by atoms with Crippen molar-refractivity contribution in [3.05, 3.63) is 0 Å². The SMILES string of the molecule is CCN(CC(=O)O)C(=O)CCCS(C)(=O)=O. The summed E-state index contributed by atoms with van der Waals surface area (Å²) in [6.45, 7) is 1.65. The van der Waals surface area contributed by atoms with E-state index in [1.165, 1.54) is 4.90 Å². The zero-order chi connectivity index (χ0) is 12.8. The molecule has 1 amide bonds. The Kier molecular flexibility index (Phi) is 6.02. The van der Waals surface area contributed by atoms with Crippen LogP contribution in [0.25, 0.3) is 0 Å². The summed E-state index contributed by atoms with van der Waals surface area (Å²) in [6, 6.07) is 0. The molecule has 0 aromatic heterocycles. The molecule has 0 saturated carbocycles. The lowest BCUT2D eigenvalue weighted by atomic mass is 10.3. The Hall–Kier alpha value is -1.11. The van der Waals surface area contributed by atoms with E-state index in [4.69, 9.17) is 5.11 Å². The summed E-state index contributed by atoms with van der Waals surface area (Å²) in [6.07, 6.45) is 1.40. The van der Waals surface area contributed by atoms with Gasteiger partial charge in [0.2, 0.25) is 5.91 Å². The molecule has 0 aliphatic rings. The van der Waals surface area contributed by atoms with Gasteiger partial charge in [-0.05, 0) is 13.3 Å². The molecule has 1 N–H and O–H groups in total. The number of hydrogen-bond donors (Lipinski definition) is 1. The molecule has 0 bridgehead atoms. The predicted octanol–water partition coefficient (Wildman–Crippen LogP) is -0.256. The van der Waals surface area contributed by atoms with Crippen LogP contribution in [0.15, 0.2) is 0 Å². The summed E-state index contributed by atoms with van der Waals surface area (Å²) in [5, 5.41) is 8.53. The van der Waals surface area contributed by atoms with E-state index < -0.39 is 15.8 Å². The van der Waals surface area contributed by atoms with E-state index >= 15 is 0 Å². The minimum atomic E-state index is -3.06. The van der Waals surface area contributed by atoms with Crippen LogP contribution in [0.3, 0.4) is 0 Å². The standard InChI is InChI=1S/C9H17NO5S/c1-3-10(7-9(12)13)8(11)5-4-6-16(2,14)15/h3-7H2,1-2H3,(H,12,13). The van der Waals surface area contributed by atoms with Crippen molar-refractivity contribution in [2.45, 2.75) is 19.8 Å². The molecule has 7 heteroatoms. The molecule has 0 saturated heterocycles. The maximum Gasteiger partial charge on any atom is 0.323 e. The molecular formula is C9H17NO5S. The van der Waals surface area contributed by atoms with Crippen molar-refractivity contribution >= 4 is 21.7 Å². The number of rotatable bonds is 7. The predicted molar refractivity (Wildman–Crippen MR) is 58.8 cm³/mol. The van der Waals surface area contributed by atoms with Gasteiger partial charge in [-0.25, -0.2) is 8.42 Å². The highest BCUT2D eigenvalue weighted by Crippen LogP contribution is 2.00. The lowest BCUT2D eigenvalue weighted by molar-refractivity contribution is -0.144. The number of carboxylic acid groups (broad SMARTS) is 1. The summed E-state index contributed by atoms with van der Waals surface area (Å²) in [7, 11) is -3.06. The summed E-state index contributed by atoms with van der Waals surface area (Å²) in [5.41, 5.74) is 0. The first-order chi connectivity index (χ1) is 7.26. The van der Waals surface area contributed by atoms with E-state index in [0.29, 0.717) is 6.54 Å². The Balaban J connectivity index is 4.08. The molecule has 0 heterocycles. The van der Waals surface area contributed by atoms with E-state index in [1.54, 1.807) is 6.92 Å². The first-order valence-corrected chi connectivity index (χ1v) is 6.99. The number of aliphatic carboxylic acids is 1. The van der Waals surface area contributed by atoms with Gasteiger partial charge in [0.1, 0.15) is 16.4 Å². The molecule has 0 rings (SSSR count). The van der Waals surface area contributed by atoms with Gasteiger partial charge < -0.3 is 10.0 Å². The Morgan fingerprint density at radius 3 is 2.25 bits per heavy atom. The molecule has 0 aliphatic heterocycles. The number of nitrogens with zero attached hydrogens (tertiary/aromatic N) is 1. The smallest absolute Gasteiger partial charge is 0.323 e. The number of carbonyl (C=O) groups excluding carboxylic acids is 1. The minimum Gasteiger partial charge on any atom is -0.480 e. The van der Waals surface area contributed by atoms with Gasteiger partial charge in [0.15, 0.2) is 0 Å². The Labute approximate surface area is 95.2 Å². The molecule has 0 atom stereocenters. The van der Waals surface area contributed by atoms with Crippen molar-refractivity contribution in [3.8, 4) is 0 Å². The molecule has 0 aromatic carbocycles. The third kappa shape index (κ3) is 7.22. The van der Waals surface area contributed by atoms with Crippen LogP contribution in [-0.2, 0) is 19.4 Å². The van der Waals surface area contributed by atoms with E-state index in [1.807, 2.05) is 0 Å². The lowest BCUT2D eigenvalue weighted by Gasteiger charge is -2.18. The van der Waals surface area contributed by atoms with Crippen LogP contribution in [-0.4, -0.2) is 55.4 Å². The molecule has 0 unspecified atom stereocenters. The van der Waals surface area contributed by atoms with Crippen LogP contribution in [0.1, 0.15) is 19.8 Å². The van der Waals surface area contributed by atoms with E-state index in [-0.39, 0.29) is 31.0 Å². The summed E-state index contributed by atoms with van der Waals surface area (Å²) >= 11 is 0. The van der Waals surface area contributed by atoms with E-state index in [2.05, 4.69) is 0 Å². The Bertz CT molecular complexity index is 349. The van der Waals surface area contributed by atoms with Gasteiger partial charge in [-0.15, -0.1) is 0 Å². The van der Waals surface area contributed by atoms with Crippen LogP contribution in [0.2, 0.25) is 0 Å². The highest BCUT2D eigenvalue weighted by atomic mass is 32.2. The quantitative estimate of drug-likeness (QED) is 0.673. The summed E-state index contributed by atoms with van der Waals surface area (Å²) in [5.74, 6) is -1.45. The van der Waals surface area contributed by atoms with Crippen LogP contribution in [0.5, 0.6) is 0 Å². The fourth-order valence-electron chi connectivity index (χ4n) is 1.18. The molecule has 6 nitrogen and oxygen atoms in total. The van der Waals surface area contributed by atoms with Crippen molar-refractivity contribution in [2.24, 2.45) is 0 Å². The molecule has 0 spiro atoms. The van der Waals surface area contributed by atoms with Crippen molar-refractivity contribution in [1.29, 1.82) is 0 Å². The third-order valence-corrected chi connectivity index (χ3v) is 3.00. The number of carboxylic acids is 1. The zero-order valence-corrected chi connectivity index (χ0v) is 10.3. The number of likely N-dealkylation sites (N-methyl/N-ethyl adjacent to an activating group) is 1. The van der Waals surface area contributed by atoms with Crippen molar-refractivity contribution in [3.63, 3.8) is 0 Å². The van der Waals surface area contributed by atoms with E-state index in [9.17, 15) is 18.0 Å². The molecular weight excluding hydrogens is 234 g/mol. The number of carbonyl (C=O) groups is 2. The molecule has 0 aliphatic carbocycles. The average molecular weight is 251 g/mol. The van der Waals surface area contributed by atoms with Gasteiger partial charge in [-0.1, -0.05) is 0 Å². The fourth-order valence-corrected chi connectivity index (χ4v) is 1.85. The van der Waals surface area contributed by atoms with Crippen LogP contribution in [0.4, 0.5) is 0 Å². The van der Waals surface area contributed by atoms with Gasteiger partial charge in [0.05, 0.1) is 5.75 Å². The average Bonchev–Trinajstić information content (AvgIpc) is 2.11. The van der Waals surface area contributed by atoms with Gasteiger partial charge in [-0.3, -0.25) is 9.59 Å². The van der Waals surface area contributed by atoms with Gasteiger partial charge in [0, 0.05) is 19.2 Å². The second-order valence-corrected chi connectivity index (χ2v) is 5.79. The Morgan fingerprint density at radius 1 is 1.31 bits per heavy atom. The molecule has 16 heavy (non-hydrogen) atoms. The van der Waals surface area contributed by atoms with Gasteiger partial charge in [0.25, 0.3) is 0 Å². The monoisotopic (exact) mass is 251 g/mol. The van der Waals surface area contributed by atoms with Gasteiger partial charge in [-0.2, -0.15) is 0 Å². The highest BCUT2D eigenvalue weighted by Gasteiger charge is 2.15. The van der Waals surface area contributed by atoms with E-state index in [0.717, 1.165) is 6.26 Å². The second kappa shape index (κ2) is 6.47. The minimum absolute atomic E-state index is 0.0522. The third-order valence-electron chi connectivity index (χ3n) is 1.97. The number of amides is 1. The van der Waals surface area contributed by atoms with Crippen LogP contribution in [0, 0.1) is 0 Å². The van der Waals surface area contributed by atoms with Crippen molar-refractivity contribution in [1.82, 2.24) is 4.90 Å². The highest BCUT2D eigenvalue weighted by molar-refractivity contribution is 7.90. The van der Waals surface area contributed by atoms with Gasteiger partial charge >= 0.3 is 5.97 Å². The largest absolute Gasteiger partial charge is 0.480 e. The van der Waals surface area contributed by atoms with Crippen molar-refractivity contribution < 1.29 is 23.1 Å². The first-order valence-electron chi connectivity index (χ1n) is 4.93. The van der Waals surface area contributed by atoms with Crippen molar-refractivity contribution in [2.75, 3.05) is 25.1 Å². The second-order valence-electron chi connectivity index (χ2n) is 3.54. The first kappa shape index (κ1) is 14.9. The summed E-state index contributed by atoms with van der Waals surface area (Å²) < 4.78 is 21.6. The maximum absolute atomic E-state index is 11.5. The molecule has 94 valence electrons. The Morgan fingerprint density at radius 2 is 1.88 bits per heavy atom. The molecule has 0 radical (unpaired) electrons. The normalized spacial score (nSPS) is 11.1. The van der Waals surface area contributed by atoms with Crippen LogP contribution >= 0.6 is 0 Å². The maximum atomic E-state index is 11.5. The fraction of sp³-hybridized carbons (Fsp3) is 0.778. The number of hydrogen-bond acceptors (Lipinski definition) is 4.